The molecule has 3 heterocycles. The molecule has 0 spiro atoms. The van der Waals surface area contributed by atoms with E-state index in [2.05, 4.69) is 15.0 Å². The monoisotopic (exact) mass is 539 g/mol. The Balaban J connectivity index is 1.32. The van der Waals surface area contributed by atoms with Crippen LogP contribution in [0.3, 0.4) is 0 Å². The molecule has 1 aliphatic heterocycles. The number of benzene rings is 2. The van der Waals surface area contributed by atoms with E-state index in [9.17, 15) is 13.2 Å². The lowest BCUT2D eigenvalue weighted by molar-refractivity contribution is 0.180. The Hall–Kier alpha value is -3.12. The normalized spacial score (nSPS) is 15.4. The third-order valence-corrected chi connectivity index (χ3v) is 9.74. The molecule has 1 fully saturated rings. The van der Waals surface area contributed by atoms with Crippen LogP contribution >= 0.6 is 11.3 Å². The fourth-order valence-corrected chi connectivity index (χ4v) is 7.24. The molecule has 0 amide bonds. The molecule has 0 saturated carbocycles. The van der Waals surface area contributed by atoms with Gasteiger partial charge < -0.3 is 4.74 Å². The maximum absolute atomic E-state index is 13.3. The molecule has 5 rings (SSSR count). The number of rotatable bonds is 6. The molecule has 2 aromatic carbocycles. The molecule has 2 aromatic heterocycles. The van der Waals surface area contributed by atoms with E-state index >= 15 is 0 Å². The van der Waals surface area contributed by atoms with Gasteiger partial charge >= 0.3 is 0 Å². The van der Waals surface area contributed by atoms with E-state index in [1.54, 1.807) is 17.5 Å². The molecule has 0 N–H and O–H groups in total. The molecule has 4 aromatic rings. The lowest BCUT2D eigenvalue weighted by Crippen LogP contribution is -2.48. The molecule has 9 nitrogen and oxygen atoms in total. The summed E-state index contributed by atoms with van der Waals surface area (Å²) < 4.78 is 35.0. The summed E-state index contributed by atoms with van der Waals surface area (Å²) in [5.74, 6) is 0.679. The molecular formula is C26H29N5O4S2. The van der Waals surface area contributed by atoms with Gasteiger partial charge in [-0.25, -0.2) is 13.4 Å². The Morgan fingerprint density at radius 1 is 0.973 bits per heavy atom. The number of aryl methyl sites for hydroxylation is 3. The van der Waals surface area contributed by atoms with Crippen molar-refractivity contribution in [1.82, 2.24) is 23.8 Å². The highest BCUT2D eigenvalue weighted by atomic mass is 32.2. The highest BCUT2D eigenvalue weighted by molar-refractivity contribution is 7.89. The molecular weight excluding hydrogens is 510 g/mol. The lowest BCUT2D eigenvalue weighted by atomic mass is 10.1. The molecule has 1 saturated heterocycles. The topological polar surface area (TPSA) is 97.1 Å². The molecule has 194 valence electrons. The number of methoxy groups -OCH3 is 1. The summed E-state index contributed by atoms with van der Waals surface area (Å²) in [7, 11) is -1.97. The SMILES string of the molecule is COc1ccccc1-c1nn2c(=O)cc(CN3CCN(S(=O)(=O)c4cc(C)c(C)cc4C)CC3)nc2s1. The number of sulfonamides is 1. The molecule has 0 bridgehead atoms. The predicted octanol–water partition coefficient (Wildman–Crippen LogP) is 3.26. The summed E-state index contributed by atoms with van der Waals surface area (Å²) in [6.07, 6.45) is 0. The highest BCUT2D eigenvalue weighted by Crippen LogP contribution is 2.32. The summed E-state index contributed by atoms with van der Waals surface area (Å²) in [4.78, 5) is 20.5. The third-order valence-electron chi connectivity index (χ3n) is 6.76. The van der Waals surface area contributed by atoms with Crippen LogP contribution in [0.1, 0.15) is 22.4 Å². The zero-order valence-corrected chi connectivity index (χ0v) is 22.9. The average molecular weight is 540 g/mol. The van der Waals surface area contributed by atoms with Gasteiger partial charge in [0, 0.05) is 38.8 Å². The van der Waals surface area contributed by atoms with Gasteiger partial charge in [-0.1, -0.05) is 29.5 Å². The Kier molecular flexibility index (Phi) is 6.88. The van der Waals surface area contributed by atoms with Gasteiger partial charge in [0.2, 0.25) is 15.0 Å². The Morgan fingerprint density at radius 2 is 1.68 bits per heavy atom. The van der Waals surface area contributed by atoms with Crippen LogP contribution in [0.5, 0.6) is 5.75 Å². The number of ether oxygens (including phenoxy) is 1. The van der Waals surface area contributed by atoms with E-state index in [0.29, 0.717) is 59.0 Å². The van der Waals surface area contributed by atoms with Gasteiger partial charge in [0.05, 0.1) is 23.3 Å². The first-order valence-electron chi connectivity index (χ1n) is 12.0. The van der Waals surface area contributed by atoms with Gasteiger partial charge in [-0.2, -0.15) is 13.9 Å². The number of piperazine rings is 1. The van der Waals surface area contributed by atoms with Crippen LogP contribution in [0.25, 0.3) is 15.5 Å². The second kappa shape index (κ2) is 9.97. The molecule has 0 aliphatic carbocycles. The van der Waals surface area contributed by atoms with E-state index in [4.69, 9.17) is 4.74 Å². The van der Waals surface area contributed by atoms with Crippen molar-refractivity contribution in [2.24, 2.45) is 0 Å². The maximum Gasteiger partial charge on any atom is 0.275 e. The first-order chi connectivity index (χ1) is 17.7. The standard InChI is InChI=1S/C26H29N5O4S2/c1-17-13-19(3)23(14-18(17)2)37(33,34)30-11-9-29(10-12-30)16-20-15-24(32)31-26(27-20)36-25(28-31)21-7-5-6-8-22(21)35-4/h5-8,13-15H,9-12,16H2,1-4H3. The first kappa shape index (κ1) is 25.5. The minimum absolute atomic E-state index is 0.246. The quantitative estimate of drug-likeness (QED) is 0.371. The van der Waals surface area contributed by atoms with Crippen LogP contribution in [-0.4, -0.2) is 65.5 Å². The van der Waals surface area contributed by atoms with Gasteiger partial charge in [-0.15, -0.1) is 0 Å². The fraction of sp³-hybridized carbons (Fsp3) is 0.346. The molecule has 11 heteroatoms. The Morgan fingerprint density at radius 3 is 2.41 bits per heavy atom. The smallest absolute Gasteiger partial charge is 0.275 e. The summed E-state index contributed by atoms with van der Waals surface area (Å²) in [6, 6.07) is 12.7. The summed E-state index contributed by atoms with van der Waals surface area (Å²) in [6.45, 7) is 8.10. The van der Waals surface area contributed by atoms with Crippen LogP contribution in [0.4, 0.5) is 0 Å². The summed E-state index contributed by atoms with van der Waals surface area (Å²) >= 11 is 1.33. The van der Waals surface area contributed by atoms with Crippen molar-refractivity contribution in [3.63, 3.8) is 0 Å². The number of fused-ring (bicyclic) bond motifs is 1. The van der Waals surface area contributed by atoms with E-state index in [-0.39, 0.29) is 5.56 Å². The molecule has 0 unspecified atom stereocenters. The number of hydrogen-bond acceptors (Lipinski definition) is 8. The largest absolute Gasteiger partial charge is 0.496 e. The van der Waals surface area contributed by atoms with Crippen molar-refractivity contribution in [3.05, 3.63) is 75.2 Å². The lowest BCUT2D eigenvalue weighted by Gasteiger charge is -2.34. The number of aromatic nitrogens is 3. The third kappa shape index (κ3) is 4.91. The van der Waals surface area contributed by atoms with Crippen LogP contribution in [0, 0.1) is 20.8 Å². The number of hydrogen-bond donors (Lipinski definition) is 0. The summed E-state index contributed by atoms with van der Waals surface area (Å²) in [5, 5.41) is 5.11. The van der Waals surface area contributed by atoms with E-state index in [0.717, 1.165) is 22.3 Å². The van der Waals surface area contributed by atoms with E-state index in [1.165, 1.54) is 21.9 Å². The van der Waals surface area contributed by atoms with Crippen molar-refractivity contribution >= 4 is 26.3 Å². The molecule has 37 heavy (non-hydrogen) atoms. The van der Waals surface area contributed by atoms with Crippen LogP contribution in [-0.2, 0) is 16.6 Å². The zero-order chi connectivity index (χ0) is 26.3. The first-order valence-corrected chi connectivity index (χ1v) is 14.3. The van der Waals surface area contributed by atoms with Gasteiger partial charge in [0.1, 0.15) is 5.75 Å². The minimum Gasteiger partial charge on any atom is -0.496 e. The summed E-state index contributed by atoms with van der Waals surface area (Å²) in [5.41, 5.74) is 4.01. The zero-order valence-electron chi connectivity index (χ0n) is 21.3. The van der Waals surface area contributed by atoms with E-state index in [1.807, 2.05) is 51.1 Å². The second-order valence-electron chi connectivity index (χ2n) is 9.27. The second-order valence-corrected chi connectivity index (χ2v) is 12.1. The maximum atomic E-state index is 13.3. The Bertz CT molecular complexity index is 1640. The minimum atomic E-state index is -3.57. The van der Waals surface area contributed by atoms with Gasteiger partial charge in [0.25, 0.3) is 5.56 Å². The number of para-hydroxylation sites is 1. The van der Waals surface area contributed by atoms with E-state index < -0.39 is 10.0 Å². The van der Waals surface area contributed by atoms with Gasteiger partial charge in [-0.3, -0.25) is 9.69 Å². The highest BCUT2D eigenvalue weighted by Gasteiger charge is 2.30. The van der Waals surface area contributed by atoms with Crippen molar-refractivity contribution in [1.29, 1.82) is 0 Å². The molecule has 0 atom stereocenters. The Labute approximate surface area is 220 Å². The van der Waals surface area contributed by atoms with Crippen LogP contribution < -0.4 is 10.3 Å². The van der Waals surface area contributed by atoms with Gasteiger partial charge in [-0.05, 0) is 55.7 Å². The van der Waals surface area contributed by atoms with Crippen molar-refractivity contribution in [2.75, 3.05) is 33.3 Å². The van der Waals surface area contributed by atoms with Crippen LogP contribution in [0.2, 0.25) is 0 Å². The predicted molar refractivity (Wildman–Crippen MR) is 144 cm³/mol. The number of nitrogens with zero attached hydrogens (tertiary/aromatic N) is 5. The van der Waals surface area contributed by atoms with Crippen molar-refractivity contribution in [3.8, 4) is 16.3 Å². The van der Waals surface area contributed by atoms with Crippen molar-refractivity contribution < 1.29 is 13.2 Å². The fourth-order valence-electron chi connectivity index (χ4n) is 4.58. The van der Waals surface area contributed by atoms with Crippen molar-refractivity contribution in [2.45, 2.75) is 32.2 Å². The molecule has 1 aliphatic rings. The average Bonchev–Trinajstić information content (AvgIpc) is 3.31. The van der Waals surface area contributed by atoms with Gasteiger partial charge in [0.15, 0.2) is 5.01 Å². The van der Waals surface area contributed by atoms with Crippen LogP contribution in [0.15, 0.2) is 52.2 Å². The molecule has 0 radical (unpaired) electrons.